The van der Waals surface area contributed by atoms with Crippen LogP contribution < -0.4 is 0 Å². The van der Waals surface area contributed by atoms with Gasteiger partial charge < -0.3 is 0 Å². The minimum Gasteiger partial charge on any atom is -0.300 e. The Bertz CT molecular complexity index is 641. The van der Waals surface area contributed by atoms with Crippen LogP contribution in [0.5, 0.6) is 0 Å². The summed E-state index contributed by atoms with van der Waals surface area (Å²) in [6.07, 6.45) is 4.18. The molecule has 3 heteroatoms. The maximum Gasteiger partial charge on any atom is 0.136 e. The van der Waals surface area contributed by atoms with Crippen molar-refractivity contribution in [1.82, 2.24) is 4.98 Å². The highest BCUT2D eigenvalue weighted by molar-refractivity contribution is 5.94. The molecule has 0 spiro atoms. The zero-order valence-corrected chi connectivity index (χ0v) is 9.18. The zero-order chi connectivity index (χ0) is 11.9. The van der Waals surface area contributed by atoms with Gasteiger partial charge in [0, 0.05) is 30.6 Å². The van der Waals surface area contributed by atoms with E-state index in [1.165, 1.54) is 0 Å². The molecule has 0 saturated heterocycles. The Kier molecular flexibility index (Phi) is 1.99. The van der Waals surface area contributed by atoms with Gasteiger partial charge in [-0.25, -0.2) is 0 Å². The van der Waals surface area contributed by atoms with Gasteiger partial charge in [0.1, 0.15) is 5.78 Å². The summed E-state index contributed by atoms with van der Waals surface area (Å²) in [6.45, 7) is 0. The molecule has 1 aromatic heterocycles. The van der Waals surface area contributed by atoms with Crippen LogP contribution in [-0.4, -0.2) is 10.8 Å². The standard InChI is InChI=1S/C14H10N2O/c15-9-14(6-11(17)7-14)13-3-1-2-10-8-16-5-4-12(10)13/h1-5,8H,6-7H2. The second-order valence-electron chi connectivity index (χ2n) is 4.49. The van der Waals surface area contributed by atoms with E-state index in [1.54, 1.807) is 12.4 Å². The summed E-state index contributed by atoms with van der Waals surface area (Å²) in [6, 6.07) is 10.1. The summed E-state index contributed by atoms with van der Waals surface area (Å²) in [5.41, 5.74) is 0.345. The summed E-state index contributed by atoms with van der Waals surface area (Å²) in [7, 11) is 0. The normalized spacial score (nSPS) is 17.5. The predicted molar refractivity (Wildman–Crippen MR) is 63.3 cm³/mol. The average molecular weight is 222 g/mol. The molecule has 0 N–H and O–H groups in total. The molecule has 0 unspecified atom stereocenters. The van der Waals surface area contributed by atoms with Gasteiger partial charge in [-0.15, -0.1) is 0 Å². The van der Waals surface area contributed by atoms with Crippen LogP contribution in [0.4, 0.5) is 0 Å². The highest BCUT2D eigenvalue weighted by Crippen LogP contribution is 2.43. The summed E-state index contributed by atoms with van der Waals surface area (Å²) < 4.78 is 0. The van der Waals surface area contributed by atoms with Gasteiger partial charge in [0.25, 0.3) is 0 Å². The smallest absolute Gasteiger partial charge is 0.136 e. The molecule has 1 aromatic carbocycles. The van der Waals surface area contributed by atoms with E-state index in [2.05, 4.69) is 11.1 Å². The molecule has 2 aromatic rings. The van der Waals surface area contributed by atoms with E-state index in [4.69, 9.17) is 0 Å². The average Bonchev–Trinajstić information content (AvgIpc) is 2.34. The highest BCUT2D eigenvalue weighted by Gasteiger charge is 2.46. The van der Waals surface area contributed by atoms with Gasteiger partial charge in [0.2, 0.25) is 0 Å². The fourth-order valence-electron chi connectivity index (χ4n) is 2.49. The molecular weight excluding hydrogens is 212 g/mol. The third-order valence-electron chi connectivity index (χ3n) is 3.41. The van der Waals surface area contributed by atoms with Crippen molar-refractivity contribution in [2.24, 2.45) is 0 Å². The van der Waals surface area contributed by atoms with Crippen LogP contribution in [0, 0.1) is 11.3 Å². The van der Waals surface area contributed by atoms with Crippen LogP contribution in [0.25, 0.3) is 10.8 Å². The molecule has 1 saturated carbocycles. The van der Waals surface area contributed by atoms with E-state index in [9.17, 15) is 10.1 Å². The Morgan fingerprint density at radius 3 is 2.82 bits per heavy atom. The molecule has 0 amide bonds. The van der Waals surface area contributed by atoms with E-state index in [-0.39, 0.29) is 5.78 Å². The van der Waals surface area contributed by atoms with Crippen molar-refractivity contribution < 1.29 is 4.79 Å². The Morgan fingerprint density at radius 1 is 1.29 bits per heavy atom. The van der Waals surface area contributed by atoms with Crippen LogP contribution in [0.2, 0.25) is 0 Å². The van der Waals surface area contributed by atoms with Crippen molar-refractivity contribution in [3.63, 3.8) is 0 Å². The van der Waals surface area contributed by atoms with Crippen molar-refractivity contribution in [3.05, 3.63) is 42.2 Å². The lowest BCUT2D eigenvalue weighted by Gasteiger charge is -2.34. The van der Waals surface area contributed by atoms with Gasteiger partial charge >= 0.3 is 0 Å². The lowest BCUT2D eigenvalue weighted by Crippen LogP contribution is -2.40. The molecule has 3 nitrogen and oxygen atoms in total. The van der Waals surface area contributed by atoms with E-state index < -0.39 is 5.41 Å². The minimum absolute atomic E-state index is 0.164. The van der Waals surface area contributed by atoms with E-state index >= 15 is 0 Å². The molecule has 1 aliphatic rings. The maximum atomic E-state index is 11.2. The third-order valence-corrected chi connectivity index (χ3v) is 3.41. The Hall–Kier alpha value is -2.21. The summed E-state index contributed by atoms with van der Waals surface area (Å²) >= 11 is 0. The van der Waals surface area contributed by atoms with Crippen LogP contribution in [0.15, 0.2) is 36.7 Å². The van der Waals surface area contributed by atoms with Gasteiger partial charge in [-0.05, 0) is 17.0 Å². The first-order valence-electron chi connectivity index (χ1n) is 5.51. The first-order valence-corrected chi connectivity index (χ1v) is 5.51. The largest absolute Gasteiger partial charge is 0.300 e. The molecule has 0 atom stereocenters. The number of carbonyl (C=O) groups excluding carboxylic acids is 1. The van der Waals surface area contributed by atoms with Crippen LogP contribution in [-0.2, 0) is 10.2 Å². The highest BCUT2D eigenvalue weighted by atomic mass is 16.1. The van der Waals surface area contributed by atoms with E-state index in [0.717, 1.165) is 16.3 Å². The molecule has 0 radical (unpaired) electrons. The maximum absolute atomic E-state index is 11.2. The number of Topliss-reactive ketones (excluding diaryl/α,β-unsaturated/α-hetero) is 1. The van der Waals surface area contributed by atoms with Crippen LogP contribution >= 0.6 is 0 Å². The van der Waals surface area contributed by atoms with Crippen molar-refractivity contribution in [1.29, 1.82) is 5.26 Å². The van der Waals surface area contributed by atoms with Crippen LogP contribution in [0.1, 0.15) is 18.4 Å². The molecule has 1 heterocycles. The van der Waals surface area contributed by atoms with Crippen molar-refractivity contribution in [2.45, 2.75) is 18.3 Å². The lowest BCUT2D eigenvalue weighted by atomic mass is 9.64. The molecule has 0 aliphatic heterocycles. The number of nitriles is 1. The second-order valence-corrected chi connectivity index (χ2v) is 4.49. The molecule has 1 aliphatic carbocycles. The Morgan fingerprint density at radius 2 is 2.12 bits per heavy atom. The third kappa shape index (κ3) is 1.34. The fraction of sp³-hybridized carbons (Fsp3) is 0.214. The number of hydrogen-bond acceptors (Lipinski definition) is 3. The number of nitrogens with zero attached hydrogens (tertiary/aromatic N) is 2. The fourth-order valence-corrected chi connectivity index (χ4v) is 2.49. The molecule has 1 fully saturated rings. The number of ketones is 1. The number of carbonyl (C=O) groups is 1. The zero-order valence-electron chi connectivity index (χ0n) is 9.18. The summed E-state index contributed by atoms with van der Waals surface area (Å²) in [5, 5.41) is 11.4. The van der Waals surface area contributed by atoms with Gasteiger partial charge in [-0.2, -0.15) is 5.26 Å². The lowest BCUT2D eigenvalue weighted by molar-refractivity contribution is -0.126. The SMILES string of the molecule is N#CC1(c2cccc3cnccc23)CC(=O)C1. The number of rotatable bonds is 1. The Labute approximate surface area is 98.7 Å². The summed E-state index contributed by atoms with van der Waals surface area (Å²) in [4.78, 5) is 15.3. The molecule has 82 valence electrons. The number of hydrogen-bond donors (Lipinski definition) is 0. The Balaban J connectivity index is 2.25. The van der Waals surface area contributed by atoms with Gasteiger partial charge in [0.05, 0.1) is 11.5 Å². The number of pyridine rings is 1. The van der Waals surface area contributed by atoms with Crippen LogP contribution in [0.3, 0.4) is 0 Å². The molecule has 17 heavy (non-hydrogen) atoms. The quantitative estimate of drug-likeness (QED) is 0.744. The molecule has 3 rings (SSSR count). The topological polar surface area (TPSA) is 53.8 Å². The molecule has 0 bridgehead atoms. The summed E-state index contributed by atoms with van der Waals surface area (Å²) in [5.74, 6) is 0.164. The second kappa shape index (κ2) is 3.39. The first-order chi connectivity index (χ1) is 8.25. The van der Waals surface area contributed by atoms with E-state index in [1.807, 2.05) is 24.3 Å². The first kappa shape index (κ1) is 9.98. The van der Waals surface area contributed by atoms with Crippen molar-refractivity contribution in [3.8, 4) is 6.07 Å². The van der Waals surface area contributed by atoms with Gasteiger partial charge in [-0.3, -0.25) is 9.78 Å². The minimum atomic E-state index is -0.613. The van der Waals surface area contributed by atoms with Gasteiger partial charge in [0.15, 0.2) is 0 Å². The number of aromatic nitrogens is 1. The van der Waals surface area contributed by atoms with E-state index in [0.29, 0.717) is 12.8 Å². The van der Waals surface area contributed by atoms with Crippen molar-refractivity contribution >= 4 is 16.6 Å². The van der Waals surface area contributed by atoms with Gasteiger partial charge in [-0.1, -0.05) is 18.2 Å². The number of fused-ring (bicyclic) bond motifs is 1. The number of benzene rings is 1. The van der Waals surface area contributed by atoms with Crippen molar-refractivity contribution in [2.75, 3.05) is 0 Å². The molecular formula is C14H10N2O. The monoisotopic (exact) mass is 222 g/mol. The predicted octanol–water partition coefficient (Wildman–Crippen LogP) is 2.36.